The smallest absolute Gasteiger partial charge is 0.413 e. The van der Waals surface area contributed by atoms with Crippen molar-refractivity contribution in [1.82, 2.24) is 19.8 Å². The van der Waals surface area contributed by atoms with Gasteiger partial charge in [0.15, 0.2) is 0 Å². The molecule has 1 aliphatic carbocycles. The number of halogens is 1. The highest BCUT2D eigenvalue weighted by Crippen LogP contribution is 2.44. The van der Waals surface area contributed by atoms with E-state index in [2.05, 4.69) is 46.0 Å². The van der Waals surface area contributed by atoms with E-state index in [1.54, 1.807) is 0 Å². The van der Waals surface area contributed by atoms with Gasteiger partial charge in [0.1, 0.15) is 24.1 Å². The van der Waals surface area contributed by atoms with Crippen LogP contribution in [-0.4, -0.2) is 76.6 Å². The number of hydrogen-bond donors (Lipinski definition) is 1. The van der Waals surface area contributed by atoms with Crippen molar-refractivity contribution in [3.05, 3.63) is 46.7 Å². The lowest BCUT2D eigenvalue weighted by Gasteiger charge is -2.39. The van der Waals surface area contributed by atoms with E-state index in [0.717, 1.165) is 23.4 Å². The first-order valence-electron chi connectivity index (χ1n) is 12.1. The maximum atomic E-state index is 13.9. The third-order valence-electron chi connectivity index (χ3n) is 7.36. The number of hydrogen-bond acceptors (Lipinski definition) is 7. The van der Waals surface area contributed by atoms with Crippen LogP contribution in [0.3, 0.4) is 0 Å². The fourth-order valence-electron chi connectivity index (χ4n) is 5.08. The van der Waals surface area contributed by atoms with Crippen molar-refractivity contribution >= 4 is 35.2 Å². The van der Waals surface area contributed by atoms with Crippen LogP contribution in [0.4, 0.5) is 16.4 Å². The molecule has 0 radical (unpaired) electrons. The molecule has 9 nitrogen and oxygen atoms in total. The molecule has 1 aromatic heterocycles. The van der Waals surface area contributed by atoms with Crippen LogP contribution in [0.1, 0.15) is 50.3 Å². The molecule has 2 fully saturated rings. The number of anilines is 2. The summed E-state index contributed by atoms with van der Waals surface area (Å²) in [4.78, 5) is 40.9. The van der Waals surface area contributed by atoms with Gasteiger partial charge in [-0.15, -0.1) is 0 Å². The summed E-state index contributed by atoms with van der Waals surface area (Å²) in [6.45, 7) is 8.00. The molecule has 1 aromatic carbocycles. The fourth-order valence-corrected chi connectivity index (χ4v) is 5.20. The number of amides is 2. The highest BCUT2D eigenvalue weighted by atomic mass is 35.5. The minimum atomic E-state index is -0.506. The third kappa shape index (κ3) is 4.54. The van der Waals surface area contributed by atoms with Crippen molar-refractivity contribution in [1.29, 1.82) is 0 Å². The van der Waals surface area contributed by atoms with Gasteiger partial charge in [-0.3, -0.25) is 10.1 Å². The molecule has 0 bridgehead atoms. The summed E-state index contributed by atoms with van der Waals surface area (Å²) in [6, 6.07) is 8.28. The Kier molecular flexibility index (Phi) is 6.31. The molecule has 1 saturated heterocycles. The zero-order valence-corrected chi connectivity index (χ0v) is 21.2. The Morgan fingerprint density at radius 1 is 1.23 bits per heavy atom. The normalized spacial score (nSPS) is 24.0. The van der Waals surface area contributed by atoms with E-state index in [1.165, 1.54) is 6.33 Å². The number of carbonyl (C=O) groups excluding carboxylic acids is 2. The van der Waals surface area contributed by atoms with Gasteiger partial charge in [0.2, 0.25) is 5.91 Å². The number of rotatable bonds is 6. The average molecular weight is 499 g/mol. The third-order valence-corrected chi connectivity index (χ3v) is 7.61. The van der Waals surface area contributed by atoms with E-state index < -0.39 is 12.2 Å². The van der Waals surface area contributed by atoms with Gasteiger partial charge in [-0.2, -0.15) is 0 Å². The number of nitrogens with zero attached hydrogens (tertiary/aromatic N) is 5. The second-order valence-electron chi connectivity index (χ2n) is 9.86. The maximum absolute atomic E-state index is 13.9. The Morgan fingerprint density at radius 2 is 1.97 bits per heavy atom. The molecule has 4 atom stereocenters. The van der Waals surface area contributed by atoms with E-state index in [9.17, 15) is 9.59 Å². The van der Waals surface area contributed by atoms with Crippen molar-refractivity contribution in [2.45, 2.75) is 57.3 Å². The van der Waals surface area contributed by atoms with Gasteiger partial charge in [0.25, 0.3) is 0 Å². The molecule has 0 unspecified atom stereocenters. The fraction of sp³-hybridized carbons (Fsp3) is 0.520. The van der Waals surface area contributed by atoms with E-state index in [1.807, 2.05) is 36.1 Å². The minimum Gasteiger partial charge on any atom is -0.441 e. The number of carbonyl (C=O) groups is 2. The van der Waals surface area contributed by atoms with Crippen LogP contribution < -0.4 is 10.2 Å². The molecular formula is C25H31ClN6O3. The van der Waals surface area contributed by atoms with Gasteiger partial charge >= 0.3 is 6.09 Å². The van der Waals surface area contributed by atoms with E-state index in [-0.39, 0.29) is 23.9 Å². The zero-order valence-electron chi connectivity index (χ0n) is 20.4. The van der Waals surface area contributed by atoms with E-state index >= 15 is 0 Å². The Morgan fingerprint density at radius 3 is 2.69 bits per heavy atom. The first-order chi connectivity index (χ1) is 16.7. The number of benzene rings is 1. The van der Waals surface area contributed by atoms with Gasteiger partial charge in [0.05, 0.1) is 23.6 Å². The van der Waals surface area contributed by atoms with Crippen molar-refractivity contribution in [2.24, 2.45) is 0 Å². The molecule has 186 valence electrons. The number of fused-ring (bicyclic) bond motifs is 2. The zero-order chi connectivity index (χ0) is 24.9. The summed E-state index contributed by atoms with van der Waals surface area (Å²) >= 11 is 6.12. The monoisotopic (exact) mass is 498 g/mol. The topological polar surface area (TPSA) is 90.9 Å². The SMILES string of the molecule is CC(C)N(C)C[C@@H](C(=O)N1CCN(c2ncnc3c2[C@H](C)OC(=O)N3)[C@H]2C[C@H]21)c1ccc(Cl)cc1. The molecule has 2 aliphatic heterocycles. The second-order valence-corrected chi connectivity index (χ2v) is 10.3. The lowest BCUT2D eigenvalue weighted by atomic mass is 9.96. The summed E-state index contributed by atoms with van der Waals surface area (Å²) < 4.78 is 5.36. The van der Waals surface area contributed by atoms with Crippen molar-refractivity contribution in [2.75, 3.05) is 36.9 Å². The lowest BCUT2D eigenvalue weighted by molar-refractivity contribution is -0.134. The Bertz CT molecular complexity index is 1130. The Balaban J connectivity index is 1.36. The van der Waals surface area contributed by atoms with Crippen LogP contribution in [-0.2, 0) is 9.53 Å². The summed E-state index contributed by atoms with van der Waals surface area (Å²) in [5, 5.41) is 3.33. The van der Waals surface area contributed by atoms with Crippen molar-refractivity contribution in [3.8, 4) is 0 Å². The molecule has 2 aromatic rings. The maximum Gasteiger partial charge on any atom is 0.413 e. The van der Waals surface area contributed by atoms with Gasteiger partial charge in [-0.25, -0.2) is 14.8 Å². The molecule has 1 N–H and O–H groups in total. The van der Waals surface area contributed by atoms with Crippen LogP contribution in [0.5, 0.6) is 0 Å². The minimum absolute atomic E-state index is 0.135. The van der Waals surface area contributed by atoms with E-state index in [4.69, 9.17) is 16.3 Å². The van der Waals surface area contributed by atoms with Crippen LogP contribution >= 0.6 is 11.6 Å². The summed E-state index contributed by atoms with van der Waals surface area (Å²) in [7, 11) is 2.05. The number of cyclic esters (lactones) is 1. The second kappa shape index (κ2) is 9.28. The highest BCUT2D eigenvalue weighted by molar-refractivity contribution is 6.30. The van der Waals surface area contributed by atoms with Gasteiger partial charge in [-0.05, 0) is 51.9 Å². The predicted octanol–water partition coefficient (Wildman–Crippen LogP) is 3.67. The number of aromatic nitrogens is 2. The van der Waals surface area contributed by atoms with E-state index in [0.29, 0.717) is 36.5 Å². The number of ether oxygens (including phenoxy) is 1. The summed E-state index contributed by atoms with van der Waals surface area (Å²) in [5.74, 6) is 1.16. The first-order valence-corrected chi connectivity index (χ1v) is 12.5. The van der Waals surface area contributed by atoms with Gasteiger partial charge in [-0.1, -0.05) is 23.7 Å². The van der Waals surface area contributed by atoms with Crippen LogP contribution in [0.15, 0.2) is 30.6 Å². The first kappa shape index (κ1) is 23.8. The molecule has 3 aliphatic rings. The molecule has 1 saturated carbocycles. The molecule has 5 rings (SSSR count). The van der Waals surface area contributed by atoms with Gasteiger partial charge in [0, 0.05) is 30.7 Å². The lowest BCUT2D eigenvalue weighted by Crippen LogP contribution is -2.51. The standard InChI is InChI=1S/C25H31ClN6O3/c1-14(2)30(4)12-18(16-5-7-17(26)8-6-16)24(33)32-10-9-31(19-11-20(19)32)23-21-15(3)35-25(34)29-22(21)27-13-28-23/h5-8,13-15,18-20H,9-12H2,1-4H3,(H,27,28,29,34)/t15-,18+,19-,20+/m0/s1. The number of piperazine rings is 1. The summed E-state index contributed by atoms with van der Waals surface area (Å²) in [5.41, 5.74) is 1.77. The van der Waals surface area contributed by atoms with Crippen LogP contribution in [0.25, 0.3) is 0 Å². The molecule has 0 spiro atoms. The molecule has 35 heavy (non-hydrogen) atoms. The van der Waals surface area contributed by atoms with Crippen LogP contribution in [0, 0.1) is 0 Å². The van der Waals surface area contributed by atoms with Crippen LogP contribution in [0.2, 0.25) is 5.02 Å². The number of likely N-dealkylation sites (N-methyl/N-ethyl adjacent to an activating group) is 1. The Hall–Kier alpha value is -2.91. The molecule has 3 heterocycles. The Labute approximate surface area is 210 Å². The predicted molar refractivity (Wildman–Crippen MR) is 134 cm³/mol. The number of nitrogens with one attached hydrogen (secondary N) is 1. The van der Waals surface area contributed by atoms with Crippen molar-refractivity contribution < 1.29 is 14.3 Å². The van der Waals surface area contributed by atoms with Crippen molar-refractivity contribution in [3.63, 3.8) is 0 Å². The largest absolute Gasteiger partial charge is 0.441 e. The summed E-state index contributed by atoms with van der Waals surface area (Å²) in [6.07, 6.45) is 1.42. The van der Waals surface area contributed by atoms with Gasteiger partial charge < -0.3 is 19.4 Å². The molecular weight excluding hydrogens is 468 g/mol. The highest BCUT2D eigenvalue weighted by Gasteiger charge is 2.53. The quantitative estimate of drug-likeness (QED) is 0.649. The average Bonchev–Trinajstić information content (AvgIpc) is 3.62. The molecule has 10 heteroatoms. The molecule has 2 amide bonds.